The quantitative estimate of drug-likeness (QED) is 0.107. The lowest BCUT2D eigenvalue weighted by Gasteiger charge is -2.25. The van der Waals surface area contributed by atoms with Crippen LogP contribution >= 0.6 is 0 Å². The lowest BCUT2D eigenvalue weighted by atomic mass is 10.0. The van der Waals surface area contributed by atoms with Crippen LogP contribution in [0.4, 0.5) is 0 Å². The minimum Gasteiger partial charge on any atom is -0.481 e. The van der Waals surface area contributed by atoms with Gasteiger partial charge in [0.05, 0.1) is 12.5 Å². The maximum atomic E-state index is 13.4. The first kappa shape index (κ1) is 32.3. The van der Waals surface area contributed by atoms with Crippen molar-refractivity contribution in [1.29, 1.82) is 0 Å². The van der Waals surface area contributed by atoms with E-state index < -0.39 is 72.6 Å². The summed E-state index contributed by atoms with van der Waals surface area (Å²) in [5.41, 5.74) is 13.5. The number of carbonyl (C=O) groups excluding carboxylic acids is 4. The smallest absolute Gasteiger partial charge is 0.326 e. The van der Waals surface area contributed by atoms with Gasteiger partial charge in [0.2, 0.25) is 23.6 Å². The molecule has 10 N–H and O–H groups in total. The topological polar surface area (TPSA) is 247 Å². The van der Waals surface area contributed by atoms with Gasteiger partial charge in [-0.2, -0.15) is 0 Å². The van der Waals surface area contributed by atoms with Crippen LogP contribution in [0.1, 0.15) is 30.4 Å². The maximum absolute atomic E-state index is 13.4. The highest BCUT2D eigenvalue weighted by Gasteiger charge is 2.31. The Bertz CT molecular complexity index is 1470. The molecule has 0 saturated heterocycles. The number of aromatic nitrogens is 1. The Labute approximate surface area is 246 Å². The van der Waals surface area contributed by atoms with Crippen LogP contribution in [0.15, 0.2) is 60.8 Å². The van der Waals surface area contributed by atoms with Gasteiger partial charge in [-0.1, -0.05) is 48.5 Å². The molecule has 14 nitrogen and oxygen atoms in total. The fraction of sp³-hybridized carbons (Fsp3) is 0.310. The highest BCUT2D eigenvalue weighted by atomic mass is 16.4. The van der Waals surface area contributed by atoms with Crippen molar-refractivity contribution >= 4 is 46.5 Å². The van der Waals surface area contributed by atoms with Crippen molar-refractivity contribution in [2.24, 2.45) is 11.5 Å². The van der Waals surface area contributed by atoms with Gasteiger partial charge in [0.15, 0.2) is 0 Å². The molecule has 0 spiro atoms. The average molecular weight is 595 g/mol. The first-order valence-corrected chi connectivity index (χ1v) is 13.4. The number of fused-ring (bicyclic) bond motifs is 1. The number of carbonyl (C=O) groups is 6. The van der Waals surface area contributed by atoms with Crippen LogP contribution in [0.5, 0.6) is 0 Å². The first-order valence-electron chi connectivity index (χ1n) is 13.4. The third-order valence-corrected chi connectivity index (χ3v) is 6.67. The summed E-state index contributed by atoms with van der Waals surface area (Å²) < 4.78 is 0. The molecule has 2 aromatic carbocycles. The lowest BCUT2D eigenvalue weighted by molar-refractivity contribution is -0.143. The van der Waals surface area contributed by atoms with E-state index in [1.807, 2.05) is 24.3 Å². The van der Waals surface area contributed by atoms with Crippen LogP contribution in [-0.4, -0.2) is 74.9 Å². The van der Waals surface area contributed by atoms with Gasteiger partial charge in [0, 0.05) is 29.9 Å². The SMILES string of the molecule is NC(=O)CC(NC(=O)C(Cc1ccccc1)NC(=O)C(CCC(=O)O)NC(=O)C(N)Cc1c[nH]c2ccccc12)C(=O)O. The van der Waals surface area contributed by atoms with Crippen molar-refractivity contribution in [2.75, 3.05) is 0 Å². The van der Waals surface area contributed by atoms with Crippen molar-refractivity contribution in [3.8, 4) is 0 Å². The number of carboxylic acid groups (broad SMARTS) is 2. The summed E-state index contributed by atoms with van der Waals surface area (Å²) in [6.45, 7) is 0. The lowest BCUT2D eigenvalue weighted by Crippen LogP contribution is -2.58. The third kappa shape index (κ3) is 9.67. The fourth-order valence-corrected chi connectivity index (χ4v) is 4.45. The molecular weight excluding hydrogens is 560 g/mol. The van der Waals surface area contributed by atoms with Crippen molar-refractivity contribution in [2.45, 2.75) is 56.3 Å². The number of nitrogens with one attached hydrogen (secondary N) is 4. The molecule has 0 saturated carbocycles. The fourth-order valence-electron chi connectivity index (χ4n) is 4.45. The third-order valence-electron chi connectivity index (χ3n) is 6.67. The standard InChI is InChI=1S/C29H34N6O8/c30-19(13-17-15-32-20-9-5-4-8-18(17)20)26(39)33-21(10-11-25(37)38)27(40)34-22(12-16-6-2-1-3-7-16)28(41)35-23(29(42)43)14-24(31)36/h1-9,15,19,21-23,32H,10-14,30H2,(H2,31,36)(H,33,39)(H,34,40)(H,35,41)(H,37,38)(H,42,43). The first-order chi connectivity index (χ1) is 20.4. The molecule has 3 rings (SSSR count). The zero-order valence-electron chi connectivity index (χ0n) is 23.1. The van der Waals surface area contributed by atoms with E-state index in [-0.39, 0.29) is 19.3 Å². The number of amides is 4. The number of H-pyrrole nitrogens is 1. The Kier molecular flexibility index (Phi) is 11.3. The molecule has 4 atom stereocenters. The Morgan fingerprint density at radius 1 is 0.767 bits per heavy atom. The number of hydrogen-bond donors (Lipinski definition) is 8. The molecule has 3 aromatic rings. The summed E-state index contributed by atoms with van der Waals surface area (Å²) in [5.74, 6) is -6.21. The van der Waals surface area contributed by atoms with Crippen LogP contribution in [0.3, 0.4) is 0 Å². The monoisotopic (exact) mass is 594 g/mol. The molecule has 4 amide bonds. The number of aliphatic carboxylic acids is 2. The summed E-state index contributed by atoms with van der Waals surface area (Å²) in [4.78, 5) is 76.8. The van der Waals surface area contributed by atoms with Crippen LogP contribution in [-0.2, 0) is 41.6 Å². The Balaban J connectivity index is 1.77. The Morgan fingerprint density at radius 2 is 1.37 bits per heavy atom. The second-order valence-electron chi connectivity index (χ2n) is 9.98. The predicted molar refractivity (Wildman–Crippen MR) is 154 cm³/mol. The number of carboxylic acids is 2. The molecule has 0 radical (unpaired) electrons. The highest BCUT2D eigenvalue weighted by molar-refractivity contribution is 5.95. The summed E-state index contributed by atoms with van der Waals surface area (Å²) in [6.07, 6.45) is 0.289. The molecule has 0 aliphatic carbocycles. The van der Waals surface area contributed by atoms with Crippen LogP contribution < -0.4 is 27.4 Å². The predicted octanol–water partition coefficient (Wildman–Crippen LogP) is -0.440. The number of rotatable bonds is 16. The van der Waals surface area contributed by atoms with Gasteiger partial charge in [-0.3, -0.25) is 24.0 Å². The van der Waals surface area contributed by atoms with Gasteiger partial charge in [-0.15, -0.1) is 0 Å². The summed E-state index contributed by atoms with van der Waals surface area (Å²) in [5, 5.41) is 26.7. The van der Waals surface area contributed by atoms with Gasteiger partial charge in [0.1, 0.15) is 18.1 Å². The van der Waals surface area contributed by atoms with E-state index in [4.69, 9.17) is 11.5 Å². The van der Waals surface area contributed by atoms with E-state index in [9.17, 15) is 39.0 Å². The zero-order chi connectivity index (χ0) is 31.5. The van der Waals surface area contributed by atoms with E-state index in [1.54, 1.807) is 36.5 Å². The molecule has 1 aromatic heterocycles. The molecule has 228 valence electrons. The van der Waals surface area contributed by atoms with Crippen molar-refractivity contribution in [1.82, 2.24) is 20.9 Å². The Hall–Kier alpha value is -5.24. The zero-order valence-corrected chi connectivity index (χ0v) is 23.1. The molecule has 0 fully saturated rings. The van der Waals surface area contributed by atoms with E-state index in [0.29, 0.717) is 5.56 Å². The minimum atomic E-state index is -1.65. The maximum Gasteiger partial charge on any atom is 0.326 e. The van der Waals surface area contributed by atoms with Crippen LogP contribution in [0.25, 0.3) is 10.9 Å². The molecule has 4 unspecified atom stereocenters. The van der Waals surface area contributed by atoms with E-state index in [1.165, 1.54) is 0 Å². The van der Waals surface area contributed by atoms with E-state index >= 15 is 0 Å². The van der Waals surface area contributed by atoms with Crippen LogP contribution in [0.2, 0.25) is 0 Å². The van der Waals surface area contributed by atoms with Crippen LogP contribution in [0, 0.1) is 0 Å². The van der Waals surface area contributed by atoms with Gasteiger partial charge in [-0.05, 0) is 30.0 Å². The molecule has 14 heteroatoms. The second kappa shape index (κ2) is 15.1. The molecule has 1 heterocycles. The summed E-state index contributed by atoms with van der Waals surface area (Å²) in [7, 11) is 0. The van der Waals surface area contributed by atoms with Gasteiger partial charge in [-0.25, -0.2) is 4.79 Å². The second-order valence-corrected chi connectivity index (χ2v) is 9.98. The Morgan fingerprint density at radius 3 is 2.02 bits per heavy atom. The number of aromatic amines is 1. The molecular formula is C29H34N6O8. The normalized spacial score (nSPS) is 13.7. The van der Waals surface area contributed by atoms with Crippen molar-refractivity contribution < 1.29 is 39.0 Å². The number of primary amides is 1. The van der Waals surface area contributed by atoms with Gasteiger partial charge < -0.3 is 42.6 Å². The van der Waals surface area contributed by atoms with Crippen molar-refractivity contribution in [3.63, 3.8) is 0 Å². The minimum absolute atomic E-state index is 0.0823. The highest BCUT2D eigenvalue weighted by Crippen LogP contribution is 2.19. The van der Waals surface area contributed by atoms with E-state index in [0.717, 1.165) is 16.5 Å². The number of benzene rings is 2. The number of hydrogen-bond acceptors (Lipinski definition) is 7. The molecule has 0 bridgehead atoms. The van der Waals surface area contributed by atoms with Crippen molar-refractivity contribution in [3.05, 3.63) is 71.9 Å². The average Bonchev–Trinajstić information content (AvgIpc) is 3.37. The van der Waals surface area contributed by atoms with Gasteiger partial charge in [0.25, 0.3) is 0 Å². The summed E-state index contributed by atoms with van der Waals surface area (Å²) >= 11 is 0. The molecule has 43 heavy (non-hydrogen) atoms. The van der Waals surface area contributed by atoms with E-state index in [2.05, 4.69) is 20.9 Å². The van der Waals surface area contributed by atoms with Gasteiger partial charge >= 0.3 is 11.9 Å². The number of para-hydroxylation sites is 1. The molecule has 0 aliphatic heterocycles. The molecule has 0 aliphatic rings. The largest absolute Gasteiger partial charge is 0.481 e. The number of nitrogens with two attached hydrogens (primary N) is 2. The summed E-state index contributed by atoms with van der Waals surface area (Å²) in [6, 6.07) is 10.4.